The van der Waals surface area contributed by atoms with E-state index in [1.54, 1.807) is 0 Å². The molecule has 0 amide bonds. The van der Waals surface area contributed by atoms with Crippen molar-refractivity contribution in [3.8, 4) is 0 Å². The first-order valence-corrected chi connectivity index (χ1v) is 6.11. The molecule has 14 heavy (non-hydrogen) atoms. The Morgan fingerprint density at radius 3 is 1.43 bits per heavy atom. The van der Waals surface area contributed by atoms with Crippen molar-refractivity contribution in [2.75, 3.05) is 5.08 Å². The molecule has 0 aromatic heterocycles. The van der Waals surface area contributed by atoms with E-state index in [2.05, 4.69) is 48.5 Å². The average Bonchev–Trinajstić information content (AvgIpc) is 2.75. The Morgan fingerprint density at radius 2 is 1.07 bits per heavy atom. The number of rotatable bonds is 4. The van der Waals surface area contributed by atoms with Gasteiger partial charge < -0.3 is 0 Å². The smallest absolute Gasteiger partial charge is 0.0245 e. The van der Waals surface area contributed by atoms with Gasteiger partial charge in [0, 0.05) is 22.2 Å². The molecule has 2 aromatic rings. The minimum atomic E-state index is 0. The minimum absolute atomic E-state index is 0. The summed E-state index contributed by atoms with van der Waals surface area (Å²) in [6.45, 7) is 0. The van der Waals surface area contributed by atoms with Crippen molar-refractivity contribution in [2.45, 2.75) is 9.79 Å². The first kappa shape index (κ1) is 12.0. The van der Waals surface area contributed by atoms with Crippen molar-refractivity contribution in [1.29, 1.82) is 0 Å². The van der Waals surface area contributed by atoms with Crippen LogP contribution >= 0.6 is 23.5 Å². The van der Waals surface area contributed by atoms with Gasteiger partial charge in [0.1, 0.15) is 0 Å². The van der Waals surface area contributed by atoms with Crippen LogP contribution in [-0.2, 0) is 17.1 Å². The Morgan fingerprint density at radius 1 is 0.714 bits per heavy atom. The van der Waals surface area contributed by atoms with Crippen molar-refractivity contribution in [1.82, 2.24) is 0 Å². The molecule has 0 aliphatic rings. The zero-order valence-electron chi connectivity index (χ0n) is 7.50. The molecule has 0 aliphatic carbocycles. The Labute approximate surface area is 104 Å². The Balaban J connectivity index is 0.000000980. The molecule has 0 saturated carbocycles. The Bertz CT molecular complexity index is 290. The average molecular weight is 262 g/mol. The summed E-state index contributed by atoms with van der Waals surface area (Å²) in [6.07, 6.45) is 0. The molecule has 3 heteroatoms. The summed E-state index contributed by atoms with van der Waals surface area (Å²) in [5.74, 6) is 0. The minimum Gasteiger partial charge on any atom is -0.213 e. The van der Waals surface area contributed by atoms with E-state index in [9.17, 15) is 0 Å². The maximum Gasteiger partial charge on any atom is 0.0245 e. The van der Waals surface area contributed by atoms with Crippen LogP contribution < -0.4 is 0 Å². The van der Waals surface area contributed by atoms with Crippen LogP contribution in [-0.4, -0.2) is 5.08 Å². The van der Waals surface area contributed by atoms with Gasteiger partial charge in [-0.25, -0.2) is 24.3 Å². The Hall–Kier alpha value is -0.0805. The fourth-order valence-electron chi connectivity index (χ4n) is 1.07. The molecule has 0 aliphatic heterocycles. The van der Waals surface area contributed by atoms with Gasteiger partial charge in [0.25, 0.3) is 0 Å². The monoisotopic (exact) mass is 262 g/mol. The van der Waals surface area contributed by atoms with Crippen LogP contribution in [0.25, 0.3) is 0 Å². The van der Waals surface area contributed by atoms with Crippen molar-refractivity contribution >= 4 is 23.5 Å². The van der Waals surface area contributed by atoms with Gasteiger partial charge in [-0.3, -0.25) is 0 Å². The molecule has 0 nitrogen and oxygen atoms in total. The predicted molar refractivity (Wildman–Crippen MR) is 60.7 cm³/mol. The van der Waals surface area contributed by atoms with Gasteiger partial charge in [0.2, 0.25) is 0 Å². The summed E-state index contributed by atoms with van der Waals surface area (Å²) in [4.78, 5) is 2.72. The maximum absolute atomic E-state index is 2.15. The van der Waals surface area contributed by atoms with E-state index in [0.717, 1.165) is 5.08 Å². The first-order chi connectivity index (χ1) is 6.45. The summed E-state index contributed by atoms with van der Waals surface area (Å²) in [5.41, 5.74) is 0. The van der Waals surface area contributed by atoms with Gasteiger partial charge in [-0.1, -0.05) is 0 Å². The standard InChI is InChI=1S/C11H10S2.Fe/c1-2-6-10(5-1)12-9-13-11-7-3-4-8-11;/h1-8H,9H2;/q-2;. The fraction of sp³-hybridized carbons (Fsp3) is 0.0909. The molecule has 0 bridgehead atoms. The third-order valence-corrected chi connectivity index (χ3v) is 3.87. The van der Waals surface area contributed by atoms with E-state index in [-0.39, 0.29) is 17.1 Å². The van der Waals surface area contributed by atoms with Gasteiger partial charge >= 0.3 is 0 Å². The molecular formula is C11H10FeS2-2. The van der Waals surface area contributed by atoms with Crippen molar-refractivity contribution in [3.63, 3.8) is 0 Å². The summed E-state index contributed by atoms with van der Waals surface area (Å²) in [5, 5.41) is 1.09. The third kappa shape index (κ3) is 3.58. The van der Waals surface area contributed by atoms with Crippen LogP contribution in [0.3, 0.4) is 0 Å². The van der Waals surface area contributed by atoms with Gasteiger partial charge in [-0.2, -0.15) is 47.8 Å². The van der Waals surface area contributed by atoms with Gasteiger partial charge in [-0.05, 0) is 0 Å². The molecule has 0 N–H and O–H groups in total. The molecule has 0 saturated heterocycles. The van der Waals surface area contributed by atoms with Gasteiger partial charge in [0.05, 0.1) is 0 Å². The van der Waals surface area contributed by atoms with E-state index in [0.29, 0.717) is 0 Å². The summed E-state index contributed by atoms with van der Waals surface area (Å²) in [6, 6.07) is 16.9. The second-order valence-corrected chi connectivity index (χ2v) is 5.11. The van der Waals surface area contributed by atoms with Crippen LogP contribution in [0.15, 0.2) is 58.3 Å². The molecule has 76 valence electrons. The number of thioether (sulfide) groups is 2. The van der Waals surface area contributed by atoms with Gasteiger partial charge in [-0.15, -0.1) is 9.79 Å². The fourth-order valence-corrected chi connectivity index (χ4v) is 3.09. The summed E-state index contributed by atoms with van der Waals surface area (Å²) >= 11 is 3.78. The van der Waals surface area contributed by atoms with Crippen LogP contribution in [0.4, 0.5) is 0 Å². The topological polar surface area (TPSA) is 0 Å². The molecule has 2 rings (SSSR count). The van der Waals surface area contributed by atoms with Gasteiger partial charge in [0.15, 0.2) is 0 Å². The van der Waals surface area contributed by atoms with E-state index >= 15 is 0 Å². The normalized spacial score (nSPS) is 9.71. The summed E-state index contributed by atoms with van der Waals surface area (Å²) < 4.78 is 0. The third-order valence-electron chi connectivity index (χ3n) is 1.72. The molecule has 0 spiro atoms. The number of hydrogen-bond acceptors (Lipinski definition) is 2. The SMILES string of the molecule is [Fe].c1cc[c-](SCS[c-]2cccc2)c1. The second-order valence-electron chi connectivity index (χ2n) is 2.65. The molecule has 0 atom stereocenters. The molecule has 0 unspecified atom stereocenters. The quantitative estimate of drug-likeness (QED) is 0.354. The van der Waals surface area contributed by atoms with E-state index in [1.165, 1.54) is 9.79 Å². The van der Waals surface area contributed by atoms with Crippen LogP contribution in [0.5, 0.6) is 0 Å². The molecule has 0 heterocycles. The molecule has 0 fully saturated rings. The largest absolute Gasteiger partial charge is 0.213 e. The zero-order chi connectivity index (χ0) is 8.93. The van der Waals surface area contributed by atoms with E-state index in [1.807, 2.05) is 23.5 Å². The molecule has 0 radical (unpaired) electrons. The zero-order valence-corrected chi connectivity index (χ0v) is 10.2. The van der Waals surface area contributed by atoms with Crippen LogP contribution in [0, 0.1) is 0 Å². The van der Waals surface area contributed by atoms with Crippen LogP contribution in [0.1, 0.15) is 0 Å². The van der Waals surface area contributed by atoms with Crippen molar-refractivity contribution in [3.05, 3.63) is 48.5 Å². The second kappa shape index (κ2) is 6.41. The van der Waals surface area contributed by atoms with Crippen LogP contribution in [0.2, 0.25) is 0 Å². The predicted octanol–water partition coefficient (Wildman–Crippen LogP) is 3.96. The van der Waals surface area contributed by atoms with Crippen molar-refractivity contribution < 1.29 is 17.1 Å². The van der Waals surface area contributed by atoms with E-state index in [4.69, 9.17) is 0 Å². The first-order valence-electron chi connectivity index (χ1n) is 4.14. The van der Waals surface area contributed by atoms with Crippen molar-refractivity contribution in [2.24, 2.45) is 0 Å². The molecular weight excluding hydrogens is 252 g/mol. The number of hydrogen-bond donors (Lipinski definition) is 0. The van der Waals surface area contributed by atoms with E-state index < -0.39 is 0 Å². The summed E-state index contributed by atoms with van der Waals surface area (Å²) in [7, 11) is 0. The Kier molecular flexibility index (Phi) is 5.49. The molecule has 2 aromatic carbocycles. The maximum atomic E-state index is 2.15.